The maximum absolute atomic E-state index is 9.24. The maximum atomic E-state index is 9.24. The summed E-state index contributed by atoms with van der Waals surface area (Å²) in [5, 5.41) is 9.24. The Bertz CT molecular complexity index is 105. The fraction of sp³-hybridized carbons (Fsp3) is 0.700. The quantitative estimate of drug-likeness (QED) is 0.605. The number of aliphatic hydroxyl groups excluding tert-OH is 1. The van der Waals surface area contributed by atoms with Crippen LogP contribution >= 0.6 is 0 Å². The molecule has 0 aromatic rings. The molecule has 0 aliphatic rings. The first-order valence-corrected chi connectivity index (χ1v) is 4.36. The predicted molar refractivity (Wildman–Crippen MR) is 49.2 cm³/mol. The Balaban J connectivity index is 3.67. The van der Waals surface area contributed by atoms with E-state index in [2.05, 4.69) is 26.0 Å². The highest BCUT2D eigenvalue weighted by atomic mass is 16.3. The molecule has 2 unspecified atom stereocenters. The number of aliphatic hydroxyl groups is 1. The van der Waals surface area contributed by atoms with Crippen LogP contribution in [0, 0.1) is 12.8 Å². The second kappa shape index (κ2) is 6.41. The Morgan fingerprint density at radius 2 is 2.18 bits per heavy atom. The first kappa shape index (κ1) is 10.7. The lowest BCUT2D eigenvalue weighted by Crippen LogP contribution is -2.12. The summed E-state index contributed by atoms with van der Waals surface area (Å²) in [6.45, 7) is 7.66. The highest BCUT2D eigenvalue weighted by molar-refractivity contribution is 4.90. The van der Waals surface area contributed by atoms with Crippen LogP contribution in [0.5, 0.6) is 0 Å². The molecule has 0 spiro atoms. The van der Waals surface area contributed by atoms with Crippen LogP contribution in [0.25, 0.3) is 0 Å². The lowest BCUT2D eigenvalue weighted by Gasteiger charge is -2.12. The van der Waals surface area contributed by atoms with Crippen molar-refractivity contribution >= 4 is 0 Å². The molecule has 1 heteroatoms. The van der Waals surface area contributed by atoms with Crippen molar-refractivity contribution in [2.75, 3.05) is 0 Å². The third-order valence-corrected chi connectivity index (χ3v) is 1.85. The summed E-state index contributed by atoms with van der Waals surface area (Å²) in [6, 6.07) is 0. The van der Waals surface area contributed by atoms with Crippen LogP contribution in [-0.4, -0.2) is 11.2 Å². The monoisotopic (exact) mass is 155 g/mol. The van der Waals surface area contributed by atoms with E-state index in [0.717, 1.165) is 19.3 Å². The summed E-state index contributed by atoms with van der Waals surface area (Å²) in [5.41, 5.74) is 0. The molecule has 0 aliphatic heterocycles. The van der Waals surface area contributed by atoms with Gasteiger partial charge in [0.15, 0.2) is 0 Å². The summed E-state index contributed by atoms with van der Waals surface area (Å²) < 4.78 is 0. The number of hydrogen-bond donors (Lipinski definition) is 1. The van der Waals surface area contributed by atoms with Gasteiger partial charge in [0.2, 0.25) is 0 Å². The largest absolute Gasteiger partial charge is 0.393 e. The van der Waals surface area contributed by atoms with E-state index in [1.165, 1.54) is 0 Å². The molecule has 11 heavy (non-hydrogen) atoms. The molecule has 2 atom stereocenters. The molecule has 0 aromatic carbocycles. The van der Waals surface area contributed by atoms with Crippen molar-refractivity contribution in [2.45, 2.75) is 39.2 Å². The van der Waals surface area contributed by atoms with Crippen LogP contribution in [0.15, 0.2) is 12.2 Å². The van der Waals surface area contributed by atoms with Gasteiger partial charge in [0.05, 0.1) is 6.10 Å². The van der Waals surface area contributed by atoms with E-state index in [-0.39, 0.29) is 6.10 Å². The molecule has 0 fully saturated rings. The minimum absolute atomic E-state index is 0.221. The molecule has 0 saturated carbocycles. The van der Waals surface area contributed by atoms with Gasteiger partial charge in [-0.05, 0) is 26.2 Å². The average molecular weight is 155 g/mol. The molecule has 0 heterocycles. The Labute approximate surface area is 70.1 Å². The van der Waals surface area contributed by atoms with Crippen molar-refractivity contribution in [3.63, 3.8) is 0 Å². The normalized spacial score (nSPS) is 17.1. The Kier molecular flexibility index (Phi) is 6.24. The molecule has 0 aromatic heterocycles. The van der Waals surface area contributed by atoms with Crippen molar-refractivity contribution < 1.29 is 5.11 Å². The topological polar surface area (TPSA) is 20.2 Å². The molecule has 1 nitrogen and oxygen atoms in total. The third kappa shape index (κ3) is 5.02. The first-order chi connectivity index (χ1) is 5.22. The van der Waals surface area contributed by atoms with E-state index in [0.29, 0.717) is 5.92 Å². The van der Waals surface area contributed by atoms with Crippen molar-refractivity contribution in [2.24, 2.45) is 5.92 Å². The maximum Gasteiger partial charge on any atom is 0.0574 e. The summed E-state index contributed by atoms with van der Waals surface area (Å²) in [4.78, 5) is 0. The van der Waals surface area contributed by atoms with Gasteiger partial charge >= 0.3 is 0 Å². The van der Waals surface area contributed by atoms with Crippen LogP contribution in [-0.2, 0) is 0 Å². The van der Waals surface area contributed by atoms with E-state index in [4.69, 9.17) is 0 Å². The van der Waals surface area contributed by atoms with Gasteiger partial charge in [-0.3, -0.25) is 0 Å². The zero-order valence-electron chi connectivity index (χ0n) is 7.59. The van der Waals surface area contributed by atoms with Crippen molar-refractivity contribution in [3.8, 4) is 0 Å². The minimum Gasteiger partial charge on any atom is -0.393 e. The second-order valence-electron chi connectivity index (χ2n) is 2.88. The Morgan fingerprint density at radius 3 is 2.55 bits per heavy atom. The van der Waals surface area contributed by atoms with Gasteiger partial charge in [0.1, 0.15) is 0 Å². The molecule has 0 saturated heterocycles. The smallest absolute Gasteiger partial charge is 0.0574 e. The van der Waals surface area contributed by atoms with E-state index < -0.39 is 0 Å². The Hall–Kier alpha value is -0.300. The zero-order valence-corrected chi connectivity index (χ0v) is 7.59. The van der Waals surface area contributed by atoms with E-state index >= 15 is 0 Å². The van der Waals surface area contributed by atoms with Crippen LogP contribution in [0.4, 0.5) is 0 Å². The predicted octanol–water partition coefficient (Wildman–Crippen LogP) is 2.56. The molecule has 0 bridgehead atoms. The Morgan fingerprint density at radius 1 is 1.55 bits per heavy atom. The SMILES string of the molecule is [CH2]CCC=CC(CC)C(C)O. The minimum atomic E-state index is -0.221. The fourth-order valence-corrected chi connectivity index (χ4v) is 1.03. The summed E-state index contributed by atoms with van der Waals surface area (Å²) in [5.74, 6) is 0.321. The lowest BCUT2D eigenvalue weighted by molar-refractivity contribution is 0.147. The van der Waals surface area contributed by atoms with Gasteiger partial charge in [-0.2, -0.15) is 0 Å². The van der Waals surface area contributed by atoms with Gasteiger partial charge in [-0.15, -0.1) is 0 Å². The van der Waals surface area contributed by atoms with E-state index in [1.807, 2.05) is 6.92 Å². The van der Waals surface area contributed by atoms with Crippen molar-refractivity contribution in [3.05, 3.63) is 19.1 Å². The van der Waals surface area contributed by atoms with Crippen LogP contribution in [0.2, 0.25) is 0 Å². The third-order valence-electron chi connectivity index (χ3n) is 1.85. The molecular weight excluding hydrogens is 136 g/mol. The summed E-state index contributed by atoms with van der Waals surface area (Å²) >= 11 is 0. The first-order valence-electron chi connectivity index (χ1n) is 4.36. The average Bonchev–Trinajstić information content (AvgIpc) is 1.97. The summed E-state index contributed by atoms with van der Waals surface area (Å²) in [7, 11) is 0. The molecule has 65 valence electrons. The fourth-order valence-electron chi connectivity index (χ4n) is 1.03. The van der Waals surface area contributed by atoms with Crippen molar-refractivity contribution in [1.29, 1.82) is 0 Å². The van der Waals surface area contributed by atoms with Gasteiger partial charge in [0, 0.05) is 5.92 Å². The lowest BCUT2D eigenvalue weighted by atomic mass is 10.00. The number of rotatable bonds is 5. The number of hydrogen-bond acceptors (Lipinski definition) is 1. The summed E-state index contributed by atoms with van der Waals surface area (Å²) in [6.07, 6.45) is 6.94. The van der Waals surface area contributed by atoms with Gasteiger partial charge in [-0.1, -0.05) is 26.0 Å². The molecular formula is C10H19O. The second-order valence-corrected chi connectivity index (χ2v) is 2.88. The van der Waals surface area contributed by atoms with E-state index in [1.54, 1.807) is 0 Å². The highest BCUT2D eigenvalue weighted by Gasteiger charge is 2.07. The van der Waals surface area contributed by atoms with Gasteiger partial charge in [-0.25, -0.2) is 0 Å². The number of unbranched alkanes of at least 4 members (excludes halogenated alkanes) is 1. The molecule has 1 N–H and O–H groups in total. The molecule has 0 rings (SSSR count). The zero-order chi connectivity index (χ0) is 8.69. The van der Waals surface area contributed by atoms with Crippen LogP contribution in [0.3, 0.4) is 0 Å². The molecule has 0 amide bonds. The molecule has 0 aliphatic carbocycles. The standard InChI is InChI=1S/C10H19O/c1-4-6-7-8-10(5-2)9(3)11/h7-11H,1,4-6H2,2-3H3. The van der Waals surface area contributed by atoms with Crippen LogP contribution in [0.1, 0.15) is 33.1 Å². The molecule has 1 radical (unpaired) electrons. The highest BCUT2D eigenvalue weighted by Crippen LogP contribution is 2.10. The van der Waals surface area contributed by atoms with Crippen molar-refractivity contribution in [1.82, 2.24) is 0 Å². The van der Waals surface area contributed by atoms with Gasteiger partial charge in [0.25, 0.3) is 0 Å². The number of allylic oxidation sites excluding steroid dienone is 1. The van der Waals surface area contributed by atoms with Gasteiger partial charge < -0.3 is 5.11 Å². The van der Waals surface area contributed by atoms with Crippen LogP contribution < -0.4 is 0 Å². The van der Waals surface area contributed by atoms with E-state index in [9.17, 15) is 5.11 Å².